The maximum atomic E-state index is 5.87. The number of ether oxygens (including phenoxy) is 1. The summed E-state index contributed by atoms with van der Waals surface area (Å²) in [7, 11) is 3.91. The SMILES string of the molecule is C[C@H](CNc1nc(N(C)C)nc2c1CCNC2)Oc1cccnc1. The highest BCUT2D eigenvalue weighted by atomic mass is 16.5. The van der Waals surface area contributed by atoms with E-state index in [-0.39, 0.29) is 6.10 Å². The molecule has 0 amide bonds. The van der Waals surface area contributed by atoms with E-state index in [0.717, 1.165) is 42.7 Å². The lowest BCUT2D eigenvalue weighted by molar-refractivity contribution is 0.233. The Bertz CT molecular complexity index is 676. The molecule has 3 heterocycles. The fourth-order valence-electron chi connectivity index (χ4n) is 2.62. The number of pyridine rings is 1. The minimum atomic E-state index is 0.00402. The van der Waals surface area contributed by atoms with Crippen LogP contribution in [0.3, 0.4) is 0 Å². The predicted molar refractivity (Wildman–Crippen MR) is 94.6 cm³/mol. The van der Waals surface area contributed by atoms with Gasteiger partial charge in [-0.05, 0) is 32.0 Å². The van der Waals surface area contributed by atoms with E-state index in [1.165, 1.54) is 5.56 Å². The highest BCUT2D eigenvalue weighted by molar-refractivity contribution is 5.52. The summed E-state index contributed by atoms with van der Waals surface area (Å²) in [6, 6.07) is 3.78. The molecule has 1 atom stereocenters. The van der Waals surface area contributed by atoms with Gasteiger partial charge in [0.2, 0.25) is 5.95 Å². The first-order chi connectivity index (χ1) is 11.6. The molecule has 0 radical (unpaired) electrons. The van der Waals surface area contributed by atoms with Gasteiger partial charge in [-0.15, -0.1) is 0 Å². The van der Waals surface area contributed by atoms with Crippen molar-refractivity contribution in [3.05, 3.63) is 35.8 Å². The molecule has 0 aliphatic carbocycles. The molecule has 128 valence electrons. The van der Waals surface area contributed by atoms with Gasteiger partial charge in [-0.3, -0.25) is 4.98 Å². The zero-order chi connectivity index (χ0) is 16.9. The molecular formula is C17H24N6O. The van der Waals surface area contributed by atoms with E-state index < -0.39 is 0 Å². The van der Waals surface area contributed by atoms with Gasteiger partial charge < -0.3 is 20.3 Å². The normalized spacial score (nSPS) is 14.6. The first-order valence-corrected chi connectivity index (χ1v) is 8.22. The third kappa shape index (κ3) is 3.91. The van der Waals surface area contributed by atoms with Crippen LogP contribution in [0.2, 0.25) is 0 Å². The molecule has 0 bridgehead atoms. The molecule has 7 heteroatoms. The molecular weight excluding hydrogens is 304 g/mol. The Morgan fingerprint density at radius 1 is 1.38 bits per heavy atom. The summed E-state index contributed by atoms with van der Waals surface area (Å²) in [5.41, 5.74) is 2.27. The van der Waals surface area contributed by atoms with Crippen LogP contribution in [0, 0.1) is 0 Å². The highest BCUT2D eigenvalue weighted by Crippen LogP contribution is 2.23. The van der Waals surface area contributed by atoms with Gasteiger partial charge in [0.05, 0.1) is 18.4 Å². The lowest BCUT2D eigenvalue weighted by Crippen LogP contribution is -2.29. The number of fused-ring (bicyclic) bond motifs is 1. The number of aromatic nitrogens is 3. The maximum absolute atomic E-state index is 5.87. The van der Waals surface area contributed by atoms with Crippen molar-refractivity contribution in [3.63, 3.8) is 0 Å². The van der Waals surface area contributed by atoms with Crippen molar-refractivity contribution in [1.29, 1.82) is 0 Å². The molecule has 1 aliphatic rings. The Morgan fingerprint density at radius 2 is 2.25 bits per heavy atom. The maximum Gasteiger partial charge on any atom is 0.227 e. The van der Waals surface area contributed by atoms with Crippen LogP contribution >= 0.6 is 0 Å². The summed E-state index contributed by atoms with van der Waals surface area (Å²) in [6.45, 7) is 4.43. The van der Waals surface area contributed by atoms with Gasteiger partial charge in [0.15, 0.2) is 0 Å². The monoisotopic (exact) mass is 328 g/mol. The third-order valence-corrected chi connectivity index (χ3v) is 3.85. The average molecular weight is 328 g/mol. The third-order valence-electron chi connectivity index (χ3n) is 3.85. The largest absolute Gasteiger partial charge is 0.487 e. The molecule has 24 heavy (non-hydrogen) atoms. The summed E-state index contributed by atoms with van der Waals surface area (Å²) in [5, 5.41) is 6.80. The Morgan fingerprint density at radius 3 is 3.00 bits per heavy atom. The fraction of sp³-hybridized carbons (Fsp3) is 0.471. The molecule has 2 aromatic rings. The number of hydrogen-bond acceptors (Lipinski definition) is 7. The second-order valence-corrected chi connectivity index (χ2v) is 6.12. The number of anilines is 2. The Labute approximate surface area is 142 Å². The molecule has 2 N–H and O–H groups in total. The Balaban J connectivity index is 1.70. The van der Waals surface area contributed by atoms with Gasteiger partial charge >= 0.3 is 0 Å². The van der Waals surface area contributed by atoms with Crippen LogP contribution in [-0.4, -0.2) is 48.2 Å². The van der Waals surface area contributed by atoms with Gasteiger partial charge in [-0.25, -0.2) is 4.98 Å². The van der Waals surface area contributed by atoms with Crippen molar-refractivity contribution >= 4 is 11.8 Å². The quantitative estimate of drug-likeness (QED) is 0.831. The first-order valence-electron chi connectivity index (χ1n) is 8.22. The van der Waals surface area contributed by atoms with Gasteiger partial charge in [0.1, 0.15) is 17.7 Å². The number of rotatable bonds is 6. The van der Waals surface area contributed by atoms with Crippen molar-refractivity contribution in [2.45, 2.75) is 26.0 Å². The van der Waals surface area contributed by atoms with Gasteiger partial charge in [0, 0.05) is 32.4 Å². The summed E-state index contributed by atoms with van der Waals surface area (Å²) >= 11 is 0. The molecule has 0 saturated carbocycles. The van der Waals surface area contributed by atoms with E-state index in [1.807, 2.05) is 38.1 Å². The minimum absolute atomic E-state index is 0.00402. The predicted octanol–water partition coefficient (Wildman–Crippen LogP) is 1.46. The summed E-state index contributed by atoms with van der Waals surface area (Å²) in [5.74, 6) is 2.40. The molecule has 7 nitrogen and oxygen atoms in total. The van der Waals surface area contributed by atoms with E-state index in [2.05, 4.69) is 25.6 Å². The molecule has 0 spiro atoms. The van der Waals surface area contributed by atoms with E-state index in [1.54, 1.807) is 12.4 Å². The second-order valence-electron chi connectivity index (χ2n) is 6.12. The molecule has 0 unspecified atom stereocenters. The van der Waals surface area contributed by atoms with Crippen molar-refractivity contribution in [2.75, 3.05) is 37.4 Å². The van der Waals surface area contributed by atoms with Crippen LogP contribution in [0.1, 0.15) is 18.2 Å². The molecule has 0 fully saturated rings. The van der Waals surface area contributed by atoms with Gasteiger partial charge in [-0.2, -0.15) is 4.98 Å². The molecule has 3 rings (SSSR count). The van der Waals surface area contributed by atoms with Crippen molar-refractivity contribution in [1.82, 2.24) is 20.3 Å². The minimum Gasteiger partial charge on any atom is -0.487 e. The average Bonchev–Trinajstić information content (AvgIpc) is 2.60. The molecule has 0 aromatic carbocycles. The lowest BCUT2D eigenvalue weighted by Gasteiger charge is -2.23. The molecule has 1 aliphatic heterocycles. The van der Waals surface area contributed by atoms with Crippen LogP contribution < -0.4 is 20.3 Å². The van der Waals surface area contributed by atoms with Crippen molar-refractivity contribution < 1.29 is 4.74 Å². The zero-order valence-electron chi connectivity index (χ0n) is 14.4. The van der Waals surface area contributed by atoms with E-state index >= 15 is 0 Å². The molecule has 2 aromatic heterocycles. The van der Waals surface area contributed by atoms with Crippen molar-refractivity contribution in [2.24, 2.45) is 0 Å². The summed E-state index contributed by atoms with van der Waals surface area (Å²) in [4.78, 5) is 15.3. The Kier molecular flexibility index (Phi) is 5.10. The number of nitrogens with one attached hydrogen (secondary N) is 2. The van der Waals surface area contributed by atoms with Crippen molar-refractivity contribution in [3.8, 4) is 5.75 Å². The van der Waals surface area contributed by atoms with Crippen LogP contribution in [0.5, 0.6) is 5.75 Å². The summed E-state index contributed by atoms with van der Waals surface area (Å²) < 4.78 is 5.87. The molecule has 0 saturated heterocycles. The highest BCUT2D eigenvalue weighted by Gasteiger charge is 2.18. The van der Waals surface area contributed by atoms with Crippen LogP contribution in [0.4, 0.5) is 11.8 Å². The summed E-state index contributed by atoms with van der Waals surface area (Å²) in [6.07, 6.45) is 4.39. The second kappa shape index (κ2) is 7.44. The van der Waals surface area contributed by atoms with Crippen LogP contribution in [0.25, 0.3) is 0 Å². The first kappa shape index (κ1) is 16.4. The van der Waals surface area contributed by atoms with Crippen LogP contribution in [-0.2, 0) is 13.0 Å². The van der Waals surface area contributed by atoms with E-state index in [0.29, 0.717) is 6.54 Å². The number of hydrogen-bond donors (Lipinski definition) is 2. The van der Waals surface area contributed by atoms with Gasteiger partial charge in [-0.1, -0.05) is 0 Å². The number of nitrogens with zero attached hydrogens (tertiary/aromatic N) is 4. The van der Waals surface area contributed by atoms with Gasteiger partial charge in [0.25, 0.3) is 0 Å². The topological polar surface area (TPSA) is 75.2 Å². The van der Waals surface area contributed by atoms with Crippen LogP contribution in [0.15, 0.2) is 24.5 Å². The zero-order valence-corrected chi connectivity index (χ0v) is 14.4. The lowest BCUT2D eigenvalue weighted by atomic mass is 10.1. The Hall–Kier alpha value is -2.41. The van der Waals surface area contributed by atoms with E-state index in [4.69, 9.17) is 4.74 Å². The van der Waals surface area contributed by atoms with E-state index in [9.17, 15) is 0 Å². The fourth-order valence-corrected chi connectivity index (χ4v) is 2.62. The standard InChI is InChI=1S/C17H24N6O/c1-12(24-13-5-4-7-18-10-13)9-20-16-14-6-8-19-11-15(14)21-17(22-16)23(2)3/h4-5,7,10,12,19H,6,8-9,11H2,1-3H3,(H,20,21,22)/t12-/m1/s1. The smallest absolute Gasteiger partial charge is 0.227 e.